The van der Waals surface area contributed by atoms with Gasteiger partial charge in [0, 0.05) is 44.7 Å². The van der Waals surface area contributed by atoms with Crippen molar-refractivity contribution in [2.24, 2.45) is 0 Å². The quantitative estimate of drug-likeness (QED) is 0.337. The van der Waals surface area contributed by atoms with Crippen molar-refractivity contribution in [2.75, 3.05) is 39.4 Å². The van der Waals surface area contributed by atoms with Gasteiger partial charge in [0.25, 0.3) is 0 Å². The Morgan fingerprint density at radius 2 is 1.87 bits per heavy atom. The second-order valence-electron chi connectivity index (χ2n) is 9.57. The second kappa shape index (κ2) is 11.0. The van der Waals surface area contributed by atoms with Crippen LogP contribution in [-0.4, -0.2) is 69.2 Å². The SMILES string of the molecule is O=C(C=CN1CCOCC1)N1CCC(n2c(=O)n(-c3ccc(Oc4ccccc4)c(Cl)c3)c3cnccc32)C1. The van der Waals surface area contributed by atoms with Crippen molar-refractivity contribution in [1.29, 1.82) is 0 Å². The van der Waals surface area contributed by atoms with Crippen LogP contribution in [0.1, 0.15) is 12.5 Å². The van der Waals surface area contributed by atoms with Crippen LogP contribution in [0.25, 0.3) is 16.7 Å². The average molecular weight is 546 g/mol. The molecular formula is C29H28ClN5O4. The van der Waals surface area contributed by atoms with Crippen molar-refractivity contribution in [2.45, 2.75) is 12.5 Å². The normalized spacial score (nSPS) is 17.8. The summed E-state index contributed by atoms with van der Waals surface area (Å²) in [5.41, 5.74) is 1.85. The molecule has 6 rings (SSSR count). The predicted octanol–water partition coefficient (Wildman–Crippen LogP) is 4.25. The summed E-state index contributed by atoms with van der Waals surface area (Å²) in [4.78, 5) is 34.9. The number of imidazole rings is 1. The number of nitrogens with zero attached hydrogens (tertiary/aromatic N) is 5. The molecule has 200 valence electrons. The Hall–Kier alpha value is -4.08. The van der Waals surface area contributed by atoms with Gasteiger partial charge in [-0.05, 0) is 42.8 Å². The molecule has 0 saturated carbocycles. The number of para-hydroxylation sites is 1. The number of ether oxygens (including phenoxy) is 2. The first-order chi connectivity index (χ1) is 19.1. The van der Waals surface area contributed by atoms with Crippen molar-refractivity contribution in [1.82, 2.24) is 23.9 Å². The van der Waals surface area contributed by atoms with Crippen LogP contribution in [0.2, 0.25) is 5.02 Å². The van der Waals surface area contributed by atoms with Gasteiger partial charge in [0.15, 0.2) is 0 Å². The maximum Gasteiger partial charge on any atom is 0.334 e. The lowest BCUT2D eigenvalue weighted by Crippen LogP contribution is -2.33. The number of hydrogen-bond acceptors (Lipinski definition) is 6. The maximum absolute atomic E-state index is 13.9. The average Bonchev–Trinajstić information content (AvgIpc) is 3.56. The zero-order valence-corrected chi connectivity index (χ0v) is 22.0. The first kappa shape index (κ1) is 25.2. The number of amides is 1. The molecule has 1 atom stereocenters. The molecule has 2 aromatic heterocycles. The van der Waals surface area contributed by atoms with Gasteiger partial charge in [-0.3, -0.25) is 18.9 Å². The van der Waals surface area contributed by atoms with E-state index in [0.717, 1.165) is 18.6 Å². The molecule has 0 bridgehead atoms. The minimum absolute atomic E-state index is 0.0526. The summed E-state index contributed by atoms with van der Waals surface area (Å²) in [6.07, 6.45) is 7.50. The van der Waals surface area contributed by atoms with Crippen LogP contribution < -0.4 is 10.4 Å². The van der Waals surface area contributed by atoms with E-state index >= 15 is 0 Å². The number of halogens is 1. The third-order valence-electron chi connectivity index (χ3n) is 7.13. The molecule has 4 aromatic rings. The van der Waals surface area contributed by atoms with Crippen molar-refractivity contribution < 1.29 is 14.3 Å². The van der Waals surface area contributed by atoms with E-state index in [1.54, 1.807) is 44.6 Å². The van der Waals surface area contributed by atoms with Gasteiger partial charge in [-0.1, -0.05) is 29.8 Å². The molecule has 2 aliphatic rings. The predicted molar refractivity (Wildman–Crippen MR) is 149 cm³/mol. The fourth-order valence-electron chi connectivity index (χ4n) is 5.15. The summed E-state index contributed by atoms with van der Waals surface area (Å²) in [6, 6.07) is 16.4. The van der Waals surface area contributed by atoms with E-state index < -0.39 is 0 Å². The second-order valence-corrected chi connectivity index (χ2v) is 9.98. The summed E-state index contributed by atoms with van der Waals surface area (Å²) in [7, 11) is 0. The third-order valence-corrected chi connectivity index (χ3v) is 7.43. The highest BCUT2D eigenvalue weighted by Crippen LogP contribution is 2.32. The van der Waals surface area contributed by atoms with Gasteiger partial charge in [-0.25, -0.2) is 4.79 Å². The Balaban J connectivity index is 1.26. The molecule has 10 heteroatoms. The Morgan fingerprint density at radius 3 is 2.67 bits per heavy atom. The van der Waals surface area contributed by atoms with Gasteiger partial charge in [-0.2, -0.15) is 0 Å². The minimum atomic E-state index is -0.200. The van der Waals surface area contributed by atoms with Crippen molar-refractivity contribution in [3.8, 4) is 17.2 Å². The molecule has 0 N–H and O–H groups in total. The molecule has 4 heterocycles. The largest absolute Gasteiger partial charge is 0.456 e. The zero-order valence-electron chi connectivity index (χ0n) is 21.3. The molecule has 1 amide bonds. The highest BCUT2D eigenvalue weighted by molar-refractivity contribution is 6.32. The molecule has 2 aromatic carbocycles. The Labute approximate surface area is 230 Å². The van der Waals surface area contributed by atoms with Gasteiger partial charge in [-0.15, -0.1) is 0 Å². The van der Waals surface area contributed by atoms with E-state index in [4.69, 9.17) is 21.1 Å². The molecule has 0 radical (unpaired) electrons. The van der Waals surface area contributed by atoms with Crippen molar-refractivity contribution in [3.05, 3.63) is 94.8 Å². The maximum atomic E-state index is 13.9. The van der Waals surface area contributed by atoms with Crippen LogP contribution in [0.3, 0.4) is 0 Å². The van der Waals surface area contributed by atoms with Gasteiger partial charge in [0.1, 0.15) is 11.5 Å². The standard InChI is InChI=1S/C29H28ClN5O4/c30-24-18-21(6-7-27(24)39-23-4-2-1-3-5-23)34-26-19-31-11-8-25(26)35(29(34)37)22-9-13-33(20-22)28(36)10-12-32-14-16-38-17-15-32/h1-8,10-12,18-19,22H,9,13-17,20H2. The van der Waals surface area contributed by atoms with E-state index in [9.17, 15) is 9.59 Å². The van der Waals surface area contributed by atoms with Crippen LogP contribution >= 0.6 is 11.6 Å². The number of benzene rings is 2. The van der Waals surface area contributed by atoms with Crippen molar-refractivity contribution >= 4 is 28.5 Å². The lowest BCUT2D eigenvalue weighted by Gasteiger charge is -2.25. The fraction of sp³-hybridized carbons (Fsp3) is 0.276. The summed E-state index contributed by atoms with van der Waals surface area (Å²) >= 11 is 6.58. The summed E-state index contributed by atoms with van der Waals surface area (Å²) in [6.45, 7) is 3.93. The Bertz CT molecular complexity index is 1580. The highest BCUT2D eigenvalue weighted by atomic mass is 35.5. The minimum Gasteiger partial charge on any atom is -0.456 e. The van der Waals surface area contributed by atoms with Gasteiger partial charge < -0.3 is 19.3 Å². The van der Waals surface area contributed by atoms with Crippen LogP contribution in [0.4, 0.5) is 0 Å². The fourth-order valence-corrected chi connectivity index (χ4v) is 5.37. The number of aromatic nitrogens is 3. The number of likely N-dealkylation sites (tertiary alicyclic amines) is 1. The first-order valence-electron chi connectivity index (χ1n) is 13.0. The molecule has 39 heavy (non-hydrogen) atoms. The topological polar surface area (TPSA) is 81.8 Å². The third kappa shape index (κ3) is 5.15. The van der Waals surface area contributed by atoms with Crippen LogP contribution in [0.15, 0.2) is 84.1 Å². The number of carbonyl (C=O) groups is 1. The Kier molecular flexibility index (Phi) is 7.08. The number of morpholine rings is 1. The van der Waals surface area contributed by atoms with Crippen LogP contribution in [0, 0.1) is 0 Å². The number of hydrogen-bond donors (Lipinski definition) is 0. The van der Waals surface area contributed by atoms with Gasteiger partial charge >= 0.3 is 5.69 Å². The monoisotopic (exact) mass is 545 g/mol. The van der Waals surface area contributed by atoms with E-state index in [2.05, 4.69) is 9.88 Å². The zero-order chi connectivity index (χ0) is 26.8. The molecular weight excluding hydrogens is 518 g/mol. The molecule has 9 nitrogen and oxygen atoms in total. The van der Waals surface area contributed by atoms with E-state index in [1.807, 2.05) is 48.7 Å². The van der Waals surface area contributed by atoms with Gasteiger partial charge in [0.05, 0.1) is 47.2 Å². The van der Waals surface area contributed by atoms with Crippen molar-refractivity contribution in [3.63, 3.8) is 0 Å². The van der Waals surface area contributed by atoms with Gasteiger partial charge in [0.2, 0.25) is 5.91 Å². The number of carbonyl (C=O) groups excluding carboxylic acids is 1. The number of fused-ring (bicyclic) bond motifs is 1. The lowest BCUT2D eigenvalue weighted by atomic mass is 10.2. The Morgan fingerprint density at radius 1 is 1.05 bits per heavy atom. The summed E-state index contributed by atoms with van der Waals surface area (Å²) < 4.78 is 14.7. The molecule has 1 unspecified atom stereocenters. The van der Waals surface area contributed by atoms with E-state index in [0.29, 0.717) is 60.4 Å². The highest BCUT2D eigenvalue weighted by Gasteiger charge is 2.30. The number of pyridine rings is 1. The molecule has 2 saturated heterocycles. The van der Waals surface area contributed by atoms with Crippen LogP contribution in [-0.2, 0) is 9.53 Å². The van der Waals surface area contributed by atoms with E-state index in [1.165, 1.54) is 0 Å². The first-order valence-corrected chi connectivity index (χ1v) is 13.3. The summed E-state index contributed by atoms with van der Waals surface area (Å²) in [5.74, 6) is 1.12. The smallest absolute Gasteiger partial charge is 0.334 e. The van der Waals surface area contributed by atoms with E-state index in [-0.39, 0.29) is 17.6 Å². The molecule has 0 aliphatic carbocycles. The molecule has 0 spiro atoms. The van der Waals surface area contributed by atoms with Crippen LogP contribution in [0.5, 0.6) is 11.5 Å². The summed E-state index contributed by atoms with van der Waals surface area (Å²) in [5, 5.41) is 0.387. The molecule has 2 aliphatic heterocycles. The number of rotatable bonds is 6. The lowest BCUT2D eigenvalue weighted by molar-refractivity contribution is -0.125. The molecule has 2 fully saturated rings.